The number of benzene rings is 4. The van der Waals surface area contributed by atoms with Crippen molar-refractivity contribution in [2.75, 3.05) is 11.9 Å². The maximum Gasteiger partial charge on any atom is 0.329 e. The van der Waals surface area contributed by atoms with Gasteiger partial charge in [0, 0.05) is 16.3 Å². The lowest BCUT2D eigenvalue weighted by Gasteiger charge is -2.13. The van der Waals surface area contributed by atoms with E-state index in [2.05, 4.69) is 10.6 Å². The van der Waals surface area contributed by atoms with Gasteiger partial charge >= 0.3 is 6.03 Å². The van der Waals surface area contributed by atoms with Crippen LogP contribution in [0.2, 0.25) is 5.02 Å². The predicted octanol–water partition coefficient (Wildman–Crippen LogP) is 5.91. The molecule has 190 valence electrons. The zero-order valence-electron chi connectivity index (χ0n) is 20.5. The Bertz CT molecular complexity index is 1580. The summed E-state index contributed by atoms with van der Waals surface area (Å²) in [5.41, 5.74) is 3.21. The summed E-state index contributed by atoms with van der Waals surface area (Å²) in [4.78, 5) is 39.3. The van der Waals surface area contributed by atoms with Crippen LogP contribution in [-0.2, 0) is 16.2 Å². The van der Waals surface area contributed by atoms with E-state index in [9.17, 15) is 14.4 Å². The monoisotopic (exact) mass is 525 g/mol. The van der Waals surface area contributed by atoms with Crippen molar-refractivity contribution in [3.05, 3.63) is 112 Å². The van der Waals surface area contributed by atoms with Crippen LogP contribution < -0.4 is 15.4 Å². The smallest absolute Gasteiger partial charge is 0.329 e. The molecule has 2 N–H and O–H groups in total. The van der Waals surface area contributed by atoms with Crippen molar-refractivity contribution in [2.24, 2.45) is 0 Å². The van der Waals surface area contributed by atoms with Crippen LogP contribution in [0.3, 0.4) is 0 Å². The lowest BCUT2D eigenvalue weighted by Crippen LogP contribution is -2.38. The van der Waals surface area contributed by atoms with Gasteiger partial charge in [0.05, 0.1) is 0 Å². The quantitative estimate of drug-likeness (QED) is 0.232. The minimum atomic E-state index is -0.662. The number of halogens is 1. The second-order valence-corrected chi connectivity index (χ2v) is 9.35. The van der Waals surface area contributed by atoms with E-state index >= 15 is 0 Å². The fraction of sp³-hybridized carbons (Fsp3) is 0.100. The summed E-state index contributed by atoms with van der Waals surface area (Å²) in [5, 5.41) is 7.76. The molecule has 0 atom stereocenters. The van der Waals surface area contributed by atoms with Crippen LogP contribution in [0.25, 0.3) is 16.8 Å². The molecule has 8 heteroatoms. The van der Waals surface area contributed by atoms with Crippen molar-refractivity contribution in [1.29, 1.82) is 0 Å². The summed E-state index contributed by atoms with van der Waals surface area (Å²) in [6.07, 6.45) is 1.60. The van der Waals surface area contributed by atoms with Crippen LogP contribution in [0.5, 0.6) is 5.75 Å². The number of hydrogen-bond donors (Lipinski definition) is 2. The molecule has 1 fully saturated rings. The number of fused-ring (bicyclic) bond motifs is 1. The first-order chi connectivity index (χ1) is 18.4. The number of amides is 4. The summed E-state index contributed by atoms with van der Waals surface area (Å²) in [6.45, 7) is 1.79. The predicted molar refractivity (Wildman–Crippen MR) is 148 cm³/mol. The second-order valence-electron chi connectivity index (χ2n) is 8.91. The number of nitrogens with zero attached hydrogens (tertiary/aromatic N) is 1. The third kappa shape index (κ3) is 5.53. The molecule has 1 saturated heterocycles. The van der Waals surface area contributed by atoms with Crippen molar-refractivity contribution in [3.63, 3.8) is 0 Å². The third-order valence-electron chi connectivity index (χ3n) is 6.09. The van der Waals surface area contributed by atoms with Gasteiger partial charge in [-0.25, -0.2) is 9.69 Å². The van der Waals surface area contributed by atoms with Gasteiger partial charge in [0.15, 0.2) is 0 Å². The zero-order chi connectivity index (χ0) is 26.6. The Hall–Kier alpha value is -4.62. The van der Waals surface area contributed by atoms with Gasteiger partial charge in [-0.1, -0.05) is 66.2 Å². The van der Waals surface area contributed by atoms with Crippen LogP contribution in [0.4, 0.5) is 10.5 Å². The van der Waals surface area contributed by atoms with Crippen molar-refractivity contribution in [3.8, 4) is 5.75 Å². The fourth-order valence-electron chi connectivity index (χ4n) is 4.22. The van der Waals surface area contributed by atoms with Gasteiger partial charge in [-0.05, 0) is 65.2 Å². The molecule has 1 aliphatic rings. The fourth-order valence-corrected chi connectivity index (χ4v) is 4.34. The zero-order valence-corrected chi connectivity index (χ0v) is 21.3. The molecule has 0 bridgehead atoms. The van der Waals surface area contributed by atoms with Gasteiger partial charge < -0.3 is 15.4 Å². The van der Waals surface area contributed by atoms with Crippen LogP contribution >= 0.6 is 11.6 Å². The van der Waals surface area contributed by atoms with Crippen LogP contribution in [0.15, 0.2) is 90.6 Å². The normalized spacial score (nSPS) is 14.2. The number of aryl methyl sites for hydroxylation is 1. The Labute approximate surface area is 224 Å². The molecule has 1 aliphatic heterocycles. The largest absolute Gasteiger partial charge is 0.488 e. The van der Waals surface area contributed by atoms with Crippen molar-refractivity contribution < 1.29 is 19.1 Å². The van der Waals surface area contributed by atoms with Crippen LogP contribution in [0.1, 0.15) is 16.7 Å². The first-order valence-corrected chi connectivity index (χ1v) is 12.4. The minimum Gasteiger partial charge on any atom is -0.488 e. The van der Waals surface area contributed by atoms with E-state index in [-0.39, 0.29) is 12.3 Å². The molecule has 0 aromatic heterocycles. The van der Waals surface area contributed by atoms with E-state index in [0.29, 0.717) is 22.0 Å². The van der Waals surface area contributed by atoms with Crippen LogP contribution in [-0.4, -0.2) is 29.3 Å². The molecule has 4 aromatic carbocycles. The SMILES string of the molecule is Cc1cccc(NC(=O)CN2C(=O)N/C(=C/c3c(OCc4ccc(Cl)cc4)ccc4ccccc34)C2=O)c1. The molecule has 0 aliphatic carbocycles. The van der Waals surface area contributed by atoms with E-state index in [0.717, 1.165) is 26.8 Å². The molecule has 7 nitrogen and oxygen atoms in total. The highest BCUT2D eigenvalue weighted by Crippen LogP contribution is 2.31. The molecule has 0 unspecified atom stereocenters. The van der Waals surface area contributed by atoms with E-state index in [1.165, 1.54) is 0 Å². The van der Waals surface area contributed by atoms with E-state index in [1.54, 1.807) is 30.3 Å². The molecule has 4 amide bonds. The number of urea groups is 1. The number of nitrogens with one attached hydrogen (secondary N) is 2. The first kappa shape index (κ1) is 25.0. The Morgan fingerprint density at radius 2 is 1.79 bits per heavy atom. The van der Waals surface area contributed by atoms with E-state index in [1.807, 2.05) is 67.6 Å². The standard InChI is InChI=1S/C30H24ClN3O4/c1-19-5-4-7-23(15-19)32-28(35)17-34-29(36)26(33-30(34)37)16-25-24-8-3-2-6-21(24)11-14-27(25)38-18-20-9-12-22(31)13-10-20/h2-16H,17-18H2,1H3,(H,32,35)(H,33,37)/b26-16+. The summed E-state index contributed by atoms with van der Waals surface area (Å²) in [7, 11) is 0. The highest BCUT2D eigenvalue weighted by molar-refractivity contribution is 6.30. The average Bonchev–Trinajstić information content (AvgIpc) is 3.16. The maximum absolute atomic E-state index is 13.2. The van der Waals surface area contributed by atoms with Gasteiger partial charge in [0.2, 0.25) is 5.91 Å². The molecule has 38 heavy (non-hydrogen) atoms. The Morgan fingerprint density at radius 3 is 2.58 bits per heavy atom. The van der Waals surface area contributed by atoms with Crippen molar-refractivity contribution in [1.82, 2.24) is 10.2 Å². The highest BCUT2D eigenvalue weighted by atomic mass is 35.5. The molecule has 0 saturated carbocycles. The number of imide groups is 1. The number of hydrogen-bond acceptors (Lipinski definition) is 4. The Morgan fingerprint density at radius 1 is 1.00 bits per heavy atom. The molecule has 1 heterocycles. The van der Waals surface area contributed by atoms with Gasteiger partial charge in [0.25, 0.3) is 5.91 Å². The lowest BCUT2D eigenvalue weighted by atomic mass is 10.0. The number of carbonyl (C=O) groups is 3. The Kier molecular flexibility index (Phi) is 7.11. The summed E-state index contributed by atoms with van der Waals surface area (Å²) in [6, 6.07) is 25.4. The van der Waals surface area contributed by atoms with Gasteiger partial charge in [-0.3, -0.25) is 9.59 Å². The topological polar surface area (TPSA) is 87.7 Å². The highest BCUT2D eigenvalue weighted by Gasteiger charge is 2.35. The Balaban J connectivity index is 1.39. The average molecular weight is 526 g/mol. The number of carbonyl (C=O) groups excluding carboxylic acids is 3. The number of ether oxygens (including phenoxy) is 1. The van der Waals surface area contributed by atoms with E-state index in [4.69, 9.17) is 16.3 Å². The summed E-state index contributed by atoms with van der Waals surface area (Å²) < 4.78 is 6.12. The second kappa shape index (κ2) is 10.8. The molecule has 4 aromatic rings. The van der Waals surface area contributed by atoms with Crippen molar-refractivity contribution >= 4 is 52.0 Å². The summed E-state index contributed by atoms with van der Waals surface area (Å²) >= 11 is 5.99. The van der Waals surface area contributed by atoms with Gasteiger partial charge in [-0.15, -0.1) is 0 Å². The maximum atomic E-state index is 13.2. The molecule has 0 radical (unpaired) electrons. The molecule has 5 rings (SSSR count). The first-order valence-electron chi connectivity index (χ1n) is 12.0. The van der Waals surface area contributed by atoms with Gasteiger partial charge in [-0.2, -0.15) is 0 Å². The minimum absolute atomic E-state index is 0.0612. The third-order valence-corrected chi connectivity index (χ3v) is 6.34. The molecular formula is C30H24ClN3O4. The molecule has 0 spiro atoms. The summed E-state index contributed by atoms with van der Waals surface area (Å²) in [5.74, 6) is -0.521. The molecular weight excluding hydrogens is 502 g/mol. The van der Waals surface area contributed by atoms with Gasteiger partial charge in [0.1, 0.15) is 24.6 Å². The van der Waals surface area contributed by atoms with Crippen molar-refractivity contribution in [2.45, 2.75) is 13.5 Å². The van der Waals surface area contributed by atoms with E-state index < -0.39 is 24.4 Å². The lowest BCUT2D eigenvalue weighted by molar-refractivity contribution is -0.127. The number of rotatable bonds is 7. The van der Waals surface area contributed by atoms with Crippen LogP contribution in [0, 0.1) is 6.92 Å². The number of anilines is 1.